The summed E-state index contributed by atoms with van der Waals surface area (Å²) < 4.78 is 13.5. The van der Waals surface area contributed by atoms with Crippen LogP contribution in [0.25, 0.3) is 6.08 Å². The Morgan fingerprint density at radius 2 is 1.69 bits per heavy atom. The van der Waals surface area contributed by atoms with E-state index in [2.05, 4.69) is 13.8 Å². The number of allylic oxidation sites excluding steroid dienone is 1. The van der Waals surface area contributed by atoms with E-state index in [-0.39, 0.29) is 17.7 Å². The van der Waals surface area contributed by atoms with Crippen LogP contribution in [0.15, 0.2) is 93.9 Å². The predicted octanol–water partition coefficient (Wildman–Crippen LogP) is 5.98. The van der Waals surface area contributed by atoms with Crippen molar-refractivity contribution < 1.29 is 24.2 Å². The zero-order valence-electron chi connectivity index (χ0n) is 25.8. The summed E-state index contributed by atoms with van der Waals surface area (Å²) in [5, 5.41) is 9.08. The SMILES string of the molecule is CCCC1=C(C(=O)OCC)[C@@H](c2ccc(C(C)C)cc2)n2c(s/c(=C/c3ccc(OCc4ccc(C(=O)O)cc4)cc3)c2=O)=N1. The molecule has 3 aromatic carbocycles. The van der Waals surface area contributed by atoms with Gasteiger partial charge in [0, 0.05) is 0 Å². The number of fused-ring (bicyclic) bond motifs is 1. The Balaban J connectivity index is 1.49. The second kappa shape index (κ2) is 13.9. The van der Waals surface area contributed by atoms with Gasteiger partial charge in [-0.25, -0.2) is 14.6 Å². The molecule has 2 heterocycles. The number of aromatic carboxylic acids is 1. The second-order valence-corrected chi connectivity index (χ2v) is 12.1. The summed E-state index contributed by atoms with van der Waals surface area (Å²) in [6.45, 7) is 8.58. The molecular weight excluding hydrogens is 588 g/mol. The van der Waals surface area contributed by atoms with E-state index in [1.807, 2.05) is 61.5 Å². The molecule has 9 heteroatoms. The van der Waals surface area contributed by atoms with E-state index in [9.17, 15) is 14.4 Å². The number of ether oxygens (including phenoxy) is 2. The van der Waals surface area contributed by atoms with Crippen LogP contribution in [0.3, 0.4) is 0 Å². The van der Waals surface area contributed by atoms with E-state index in [4.69, 9.17) is 19.6 Å². The van der Waals surface area contributed by atoms with Gasteiger partial charge < -0.3 is 14.6 Å². The van der Waals surface area contributed by atoms with Gasteiger partial charge in [-0.3, -0.25) is 9.36 Å². The minimum atomic E-state index is -0.970. The number of carboxylic acid groups (broad SMARTS) is 1. The molecule has 0 saturated heterocycles. The number of thiazole rings is 1. The fourth-order valence-corrected chi connectivity index (χ4v) is 6.24. The van der Waals surface area contributed by atoms with Crippen molar-refractivity contribution in [1.82, 2.24) is 4.57 Å². The molecule has 4 aromatic rings. The van der Waals surface area contributed by atoms with Crippen LogP contribution in [0, 0.1) is 0 Å². The van der Waals surface area contributed by atoms with Crippen molar-refractivity contribution in [3.8, 4) is 5.75 Å². The standard InChI is InChI=1S/C36H36N2O6S/c1-5-7-29-31(35(42)43-6-2)32(26-16-14-25(15-17-26)22(3)4)38-33(39)30(45-36(38)37-29)20-23-10-18-28(19-11-23)44-21-24-8-12-27(13-9-24)34(40)41/h8-20,22,32H,5-7,21H2,1-4H3,(H,40,41)/b30-20+/t32-/m1/s1. The molecule has 8 nitrogen and oxygen atoms in total. The van der Waals surface area contributed by atoms with Gasteiger partial charge in [0.05, 0.1) is 34.0 Å². The number of nitrogens with zero attached hydrogens (tertiary/aromatic N) is 2. The van der Waals surface area contributed by atoms with Crippen LogP contribution in [0.4, 0.5) is 0 Å². The predicted molar refractivity (Wildman–Crippen MR) is 174 cm³/mol. The summed E-state index contributed by atoms with van der Waals surface area (Å²) >= 11 is 1.30. The fraction of sp³-hybridized carbons (Fsp3) is 0.278. The van der Waals surface area contributed by atoms with Gasteiger partial charge in [0.2, 0.25) is 0 Å². The zero-order valence-corrected chi connectivity index (χ0v) is 26.6. The Morgan fingerprint density at radius 1 is 1.00 bits per heavy atom. The molecule has 1 aliphatic rings. The quantitative estimate of drug-likeness (QED) is 0.206. The van der Waals surface area contributed by atoms with Crippen LogP contribution in [0.2, 0.25) is 0 Å². The molecule has 232 valence electrons. The smallest absolute Gasteiger partial charge is 0.338 e. The number of rotatable bonds is 11. The first-order chi connectivity index (χ1) is 21.7. The second-order valence-electron chi connectivity index (χ2n) is 11.1. The van der Waals surface area contributed by atoms with Gasteiger partial charge in [0.15, 0.2) is 4.80 Å². The van der Waals surface area contributed by atoms with Crippen molar-refractivity contribution in [2.75, 3.05) is 6.61 Å². The average molecular weight is 625 g/mol. The molecule has 0 spiro atoms. The molecule has 5 rings (SSSR count). The molecule has 1 N–H and O–H groups in total. The lowest BCUT2D eigenvalue weighted by atomic mass is 9.92. The van der Waals surface area contributed by atoms with Crippen molar-refractivity contribution in [3.63, 3.8) is 0 Å². The van der Waals surface area contributed by atoms with Gasteiger partial charge in [-0.1, -0.05) is 87.1 Å². The summed E-state index contributed by atoms with van der Waals surface area (Å²) in [4.78, 5) is 43.8. The van der Waals surface area contributed by atoms with E-state index < -0.39 is 18.0 Å². The first-order valence-electron chi connectivity index (χ1n) is 15.1. The Morgan fingerprint density at radius 3 is 2.29 bits per heavy atom. The molecular formula is C36H36N2O6S. The van der Waals surface area contributed by atoms with Crippen LogP contribution in [-0.4, -0.2) is 28.2 Å². The number of esters is 1. The number of carbonyl (C=O) groups excluding carboxylic acids is 1. The fourth-order valence-electron chi connectivity index (χ4n) is 5.22. The maximum Gasteiger partial charge on any atom is 0.338 e. The van der Waals surface area contributed by atoms with Crippen LogP contribution in [0.1, 0.15) is 85.1 Å². The van der Waals surface area contributed by atoms with E-state index in [0.29, 0.717) is 45.3 Å². The number of carboxylic acids is 1. The first-order valence-corrected chi connectivity index (χ1v) is 15.9. The number of hydrogen-bond acceptors (Lipinski definition) is 7. The summed E-state index contributed by atoms with van der Waals surface area (Å²) in [6.07, 6.45) is 3.20. The summed E-state index contributed by atoms with van der Waals surface area (Å²) in [6, 6.07) is 21.4. The van der Waals surface area contributed by atoms with Gasteiger partial charge >= 0.3 is 11.9 Å². The van der Waals surface area contributed by atoms with E-state index in [0.717, 1.165) is 23.1 Å². The highest BCUT2D eigenvalue weighted by atomic mass is 32.1. The Bertz CT molecular complexity index is 1900. The average Bonchev–Trinajstić information content (AvgIpc) is 3.34. The van der Waals surface area contributed by atoms with Crippen molar-refractivity contribution in [2.24, 2.45) is 4.99 Å². The van der Waals surface area contributed by atoms with Gasteiger partial charge in [-0.2, -0.15) is 0 Å². The maximum absolute atomic E-state index is 14.0. The van der Waals surface area contributed by atoms with Crippen LogP contribution < -0.4 is 19.6 Å². The summed E-state index contributed by atoms with van der Waals surface area (Å²) in [5.41, 5.74) is 4.73. The number of benzene rings is 3. The highest BCUT2D eigenvalue weighted by Crippen LogP contribution is 2.33. The molecule has 0 aliphatic carbocycles. The van der Waals surface area contributed by atoms with Gasteiger partial charge in [0.25, 0.3) is 5.56 Å². The first kappa shape index (κ1) is 31.7. The number of aromatic nitrogens is 1. The van der Waals surface area contributed by atoms with Crippen molar-refractivity contribution >= 4 is 29.4 Å². The van der Waals surface area contributed by atoms with Crippen molar-refractivity contribution in [3.05, 3.63) is 132 Å². The summed E-state index contributed by atoms with van der Waals surface area (Å²) in [7, 11) is 0. The molecule has 0 amide bonds. The zero-order chi connectivity index (χ0) is 32.1. The lowest BCUT2D eigenvalue weighted by Crippen LogP contribution is -2.40. The molecule has 1 aliphatic heterocycles. The summed E-state index contributed by atoms with van der Waals surface area (Å²) in [5.74, 6) is -0.435. The van der Waals surface area contributed by atoms with Crippen LogP contribution in [-0.2, 0) is 16.1 Å². The third-order valence-electron chi connectivity index (χ3n) is 7.60. The van der Waals surface area contributed by atoms with Gasteiger partial charge in [0.1, 0.15) is 12.4 Å². The largest absolute Gasteiger partial charge is 0.489 e. The normalized spacial score (nSPS) is 14.7. The number of hydrogen-bond donors (Lipinski definition) is 1. The highest BCUT2D eigenvalue weighted by Gasteiger charge is 2.34. The van der Waals surface area contributed by atoms with Crippen molar-refractivity contribution in [1.29, 1.82) is 0 Å². The highest BCUT2D eigenvalue weighted by molar-refractivity contribution is 7.07. The van der Waals surface area contributed by atoms with E-state index >= 15 is 0 Å². The molecule has 1 atom stereocenters. The van der Waals surface area contributed by atoms with Gasteiger partial charge in [-0.05, 0) is 71.9 Å². The number of carbonyl (C=O) groups is 2. The van der Waals surface area contributed by atoms with Crippen molar-refractivity contribution in [2.45, 2.75) is 59.1 Å². The topological polar surface area (TPSA) is 107 Å². The van der Waals surface area contributed by atoms with Gasteiger partial charge in [-0.15, -0.1) is 0 Å². The lowest BCUT2D eigenvalue weighted by Gasteiger charge is -2.26. The Hall–Kier alpha value is -4.76. The molecule has 45 heavy (non-hydrogen) atoms. The maximum atomic E-state index is 14.0. The molecule has 0 saturated carbocycles. The molecule has 0 fully saturated rings. The third-order valence-corrected chi connectivity index (χ3v) is 8.58. The Labute approximate surface area is 265 Å². The lowest BCUT2D eigenvalue weighted by molar-refractivity contribution is -0.139. The molecule has 0 unspecified atom stereocenters. The monoisotopic (exact) mass is 624 g/mol. The minimum Gasteiger partial charge on any atom is -0.489 e. The van der Waals surface area contributed by atoms with Crippen LogP contribution >= 0.6 is 11.3 Å². The molecule has 0 radical (unpaired) electrons. The minimum absolute atomic E-state index is 0.223. The molecule has 1 aromatic heterocycles. The van der Waals surface area contributed by atoms with Crippen LogP contribution in [0.5, 0.6) is 5.75 Å². The van der Waals surface area contributed by atoms with E-state index in [1.165, 1.54) is 16.9 Å². The van der Waals surface area contributed by atoms with E-state index in [1.54, 1.807) is 35.8 Å². The third kappa shape index (κ3) is 6.99. The Kier molecular flexibility index (Phi) is 9.78. The molecule has 0 bridgehead atoms.